The molecule has 0 amide bonds. The zero-order chi connectivity index (χ0) is 14.8. The number of carboxylic acid groups (broad SMARTS) is 1. The molecule has 0 fully saturated rings. The van der Waals surface area contributed by atoms with Crippen LogP contribution in [0.4, 0.5) is 0 Å². The molecule has 1 aromatic heterocycles. The highest BCUT2D eigenvalue weighted by atomic mass is 28.4. The van der Waals surface area contributed by atoms with Crippen LogP contribution in [0.3, 0.4) is 0 Å². The van der Waals surface area contributed by atoms with E-state index in [0.29, 0.717) is 6.61 Å². The van der Waals surface area contributed by atoms with E-state index in [-0.39, 0.29) is 11.6 Å². The summed E-state index contributed by atoms with van der Waals surface area (Å²) in [5.74, 6) is -0.886. The quantitative estimate of drug-likeness (QED) is 0.844. The van der Waals surface area contributed by atoms with Crippen molar-refractivity contribution in [3.8, 4) is 0 Å². The Morgan fingerprint density at radius 3 is 2.53 bits per heavy atom. The topological polar surface area (TPSA) is 64.4 Å². The Hall–Kier alpha value is -1.14. The van der Waals surface area contributed by atoms with Gasteiger partial charge in [0, 0.05) is 5.69 Å². The molecule has 6 heteroatoms. The fourth-order valence-corrected chi connectivity index (χ4v) is 2.35. The molecule has 19 heavy (non-hydrogen) atoms. The third-order valence-electron chi connectivity index (χ3n) is 3.70. The number of carboxylic acids is 1. The van der Waals surface area contributed by atoms with Crippen molar-refractivity contribution in [2.24, 2.45) is 0 Å². The monoisotopic (exact) mass is 284 g/mol. The van der Waals surface area contributed by atoms with Gasteiger partial charge in [0.25, 0.3) is 0 Å². The average Bonchev–Trinajstić information content (AvgIpc) is 2.54. The van der Waals surface area contributed by atoms with Gasteiger partial charge in [-0.15, -0.1) is 0 Å². The van der Waals surface area contributed by atoms with Crippen molar-refractivity contribution < 1.29 is 14.3 Å². The highest BCUT2D eigenvalue weighted by molar-refractivity contribution is 6.74. The number of aliphatic carboxylic acids is 1. The molecule has 1 N–H and O–H groups in total. The first kappa shape index (κ1) is 15.9. The molecule has 0 aliphatic rings. The summed E-state index contributed by atoms with van der Waals surface area (Å²) in [6.45, 7) is 13.1. The second-order valence-electron chi connectivity index (χ2n) is 6.38. The smallest absolute Gasteiger partial charge is 0.325 e. The van der Waals surface area contributed by atoms with Crippen molar-refractivity contribution >= 4 is 14.3 Å². The summed E-state index contributed by atoms with van der Waals surface area (Å²) in [7, 11) is -1.79. The molecule has 0 atom stereocenters. The zero-order valence-corrected chi connectivity index (χ0v) is 13.6. The lowest BCUT2D eigenvalue weighted by molar-refractivity contribution is -0.137. The molecule has 1 rings (SSSR count). The molecule has 0 bridgehead atoms. The Kier molecular flexibility index (Phi) is 4.57. The van der Waals surface area contributed by atoms with Crippen LogP contribution in [0.15, 0.2) is 6.07 Å². The molecular formula is C13H24N2O3Si. The van der Waals surface area contributed by atoms with E-state index in [1.54, 1.807) is 0 Å². The molecule has 0 aromatic carbocycles. The van der Waals surface area contributed by atoms with E-state index in [2.05, 4.69) is 39.0 Å². The first-order valence-corrected chi connectivity index (χ1v) is 9.33. The van der Waals surface area contributed by atoms with Crippen molar-refractivity contribution in [2.75, 3.05) is 0 Å². The van der Waals surface area contributed by atoms with Crippen LogP contribution in [-0.2, 0) is 22.4 Å². The van der Waals surface area contributed by atoms with Crippen molar-refractivity contribution in [3.63, 3.8) is 0 Å². The van der Waals surface area contributed by atoms with Gasteiger partial charge in [-0.05, 0) is 31.1 Å². The van der Waals surface area contributed by atoms with Crippen LogP contribution in [0.25, 0.3) is 0 Å². The number of aryl methyl sites for hydroxylation is 1. The summed E-state index contributed by atoms with van der Waals surface area (Å²) in [6.07, 6.45) is 0. The van der Waals surface area contributed by atoms with Gasteiger partial charge in [-0.2, -0.15) is 5.10 Å². The molecular weight excluding hydrogens is 260 g/mol. The summed E-state index contributed by atoms with van der Waals surface area (Å²) in [4.78, 5) is 10.7. The fraction of sp³-hybridized carbons (Fsp3) is 0.692. The molecule has 0 spiro atoms. The Balaban J connectivity index is 2.72. The van der Waals surface area contributed by atoms with E-state index in [4.69, 9.17) is 9.53 Å². The molecule has 0 saturated heterocycles. The second-order valence-corrected chi connectivity index (χ2v) is 11.2. The lowest BCUT2D eigenvalue weighted by Gasteiger charge is -2.35. The van der Waals surface area contributed by atoms with Gasteiger partial charge < -0.3 is 9.53 Å². The Labute approximate surface area is 115 Å². The number of nitrogens with zero attached hydrogens (tertiary/aromatic N) is 2. The summed E-state index contributed by atoms with van der Waals surface area (Å²) < 4.78 is 7.56. The molecule has 1 heterocycles. The van der Waals surface area contributed by atoms with Gasteiger partial charge in [-0.1, -0.05) is 20.8 Å². The maximum Gasteiger partial charge on any atom is 0.325 e. The van der Waals surface area contributed by atoms with Crippen LogP contribution < -0.4 is 0 Å². The Bertz CT molecular complexity index is 461. The van der Waals surface area contributed by atoms with Crippen LogP contribution >= 0.6 is 0 Å². The van der Waals surface area contributed by atoms with Crippen molar-refractivity contribution in [1.29, 1.82) is 0 Å². The van der Waals surface area contributed by atoms with E-state index in [9.17, 15) is 4.79 Å². The van der Waals surface area contributed by atoms with Gasteiger partial charge in [0.15, 0.2) is 8.32 Å². The minimum atomic E-state index is -1.79. The van der Waals surface area contributed by atoms with E-state index in [1.165, 1.54) is 4.68 Å². The van der Waals surface area contributed by atoms with E-state index >= 15 is 0 Å². The van der Waals surface area contributed by atoms with Crippen molar-refractivity contribution in [2.45, 2.75) is 59.0 Å². The van der Waals surface area contributed by atoms with Crippen LogP contribution in [-0.4, -0.2) is 29.2 Å². The molecule has 108 valence electrons. The Morgan fingerprint density at radius 2 is 2.05 bits per heavy atom. The van der Waals surface area contributed by atoms with Crippen molar-refractivity contribution in [3.05, 3.63) is 17.5 Å². The summed E-state index contributed by atoms with van der Waals surface area (Å²) in [5.41, 5.74) is 1.64. The SMILES string of the molecule is Cc1cc(CO[Si](C)(C)C(C)(C)C)nn1CC(=O)O. The van der Waals surface area contributed by atoms with Crippen molar-refractivity contribution in [1.82, 2.24) is 9.78 Å². The summed E-state index contributed by atoms with van der Waals surface area (Å²) in [5, 5.41) is 13.2. The zero-order valence-electron chi connectivity index (χ0n) is 12.6. The molecule has 0 aliphatic carbocycles. The number of aromatic nitrogens is 2. The summed E-state index contributed by atoms with van der Waals surface area (Å²) in [6, 6.07) is 1.88. The van der Waals surface area contributed by atoms with E-state index in [0.717, 1.165) is 11.4 Å². The van der Waals surface area contributed by atoms with E-state index in [1.807, 2.05) is 13.0 Å². The highest BCUT2D eigenvalue weighted by Gasteiger charge is 2.37. The first-order valence-electron chi connectivity index (χ1n) is 6.42. The van der Waals surface area contributed by atoms with Crippen LogP contribution in [0.1, 0.15) is 32.2 Å². The van der Waals surface area contributed by atoms with Crippen LogP contribution in [0.2, 0.25) is 18.1 Å². The molecule has 0 unspecified atom stereocenters. The maximum atomic E-state index is 10.7. The molecule has 1 aromatic rings. The van der Waals surface area contributed by atoms with E-state index < -0.39 is 14.3 Å². The highest BCUT2D eigenvalue weighted by Crippen LogP contribution is 2.36. The number of hydrogen-bond acceptors (Lipinski definition) is 3. The van der Waals surface area contributed by atoms with Gasteiger partial charge in [0.05, 0.1) is 12.3 Å². The maximum absolute atomic E-state index is 10.7. The standard InChI is InChI=1S/C13H24N2O3Si/c1-10-7-11(14-15(10)8-12(16)17)9-18-19(5,6)13(2,3)4/h7H,8-9H2,1-6H3,(H,16,17). The number of carbonyl (C=O) groups is 1. The van der Waals surface area contributed by atoms with Gasteiger partial charge in [0.1, 0.15) is 6.54 Å². The Morgan fingerprint density at radius 1 is 1.47 bits per heavy atom. The minimum Gasteiger partial charge on any atom is -0.480 e. The third kappa shape index (κ3) is 4.17. The lowest BCUT2D eigenvalue weighted by atomic mass is 10.2. The number of rotatable bonds is 5. The van der Waals surface area contributed by atoms with Crippen LogP contribution in [0, 0.1) is 6.92 Å². The predicted octanol–water partition coefficient (Wildman–Crippen LogP) is 2.80. The van der Waals surface area contributed by atoms with Gasteiger partial charge in [-0.3, -0.25) is 9.48 Å². The molecule has 0 aliphatic heterocycles. The predicted molar refractivity (Wildman–Crippen MR) is 76.6 cm³/mol. The van der Waals surface area contributed by atoms with Gasteiger partial charge in [0.2, 0.25) is 0 Å². The largest absolute Gasteiger partial charge is 0.480 e. The first-order chi connectivity index (χ1) is 8.53. The van der Waals surface area contributed by atoms with Gasteiger partial charge in [-0.25, -0.2) is 0 Å². The second kappa shape index (κ2) is 5.46. The normalized spacial score (nSPS) is 12.7. The molecule has 5 nitrogen and oxygen atoms in total. The van der Waals surface area contributed by atoms with Crippen LogP contribution in [0.5, 0.6) is 0 Å². The molecule has 0 saturated carbocycles. The lowest BCUT2D eigenvalue weighted by Crippen LogP contribution is -2.40. The van der Waals surface area contributed by atoms with Gasteiger partial charge >= 0.3 is 5.97 Å². The average molecular weight is 284 g/mol. The fourth-order valence-electron chi connectivity index (χ4n) is 1.41. The summed E-state index contributed by atoms with van der Waals surface area (Å²) >= 11 is 0. The minimum absolute atomic E-state index is 0.105. The third-order valence-corrected chi connectivity index (χ3v) is 8.18. The molecule has 0 radical (unpaired) electrons. The number of hydrogen-bond donors (Lipinski definition) is 1.